The van der Waals surface area contributed by atoms with Crippen LogP contribution in [0.1, 0.15) is 35.6 Å². The van der Waals surface area contributed by atoms with Gasteiger partial charge in [0.05, 0.1) is 13.0 Å². The molecule has 3 N–H and O–H groups in total. The predicted molar refractivity (Wildman–Crippen MR) is 108 cm³/mol. The van der Waals surface area contributed by atoms with Gasteiger partial charge in [-0.2, -0.15) is 18.2 Å². The number of fused-ring (bicyclic) bond motifs is 1. The Kier molecular flexibility index (Phi) is 6.61. The monoisotopic (exact) mass is 450 g/mol. The maximum atomic E-state index is 12.9. The first-order valence-electron chi connectivity index (χ1n) is 9.65. The molecule has 0 fully saturated rings. The Morgan fingerprint density at radius 3 is 2.44 bits per heavy atom. The molecule has 0 unspecified atom stereocenters. The van der Waals surface area contributed by atoms with Crippen molar-refractivity contribution >= 4 is 23.3 Å². The molecule has 0 aliphatic rings. The molecule has 2 heterocycles. The number of halogens is 3. The molecule has 0 bridgehead atoms. The maximum absolute atomic E-state index is 12.9. The molecule has 9 nitrogen and oxygen atoms in total. The van der Waals surface area contributed by atoms with Gasteiger partial charge in [-0.1, -0.05) is 0 Å². The van der Waals surface area contributed by atoms with Crippen molar-refractivity contribution in [2.24, 2.45) is 5.73 Å². The van der Waals surface area contributed by atoms with Gasteiger partial charge in [-0.25, -0.2) is 9.50 Å². The number of carbonyl (C=O) groups is 2. The first kappa shape index (κ1) is 23.0. The van der Waals surface area contributed by atoms with Crippen LogP contribution in [0.5, 0.6) is 5.75 Å². The average Bonchev–Trinajstić information content (AvgIpc) is 3.13. The van der Waals surface area contributed by atoms with Crippen molar-refractivity contribution in [3.05, 3.63) is 47.0 Å². The van der Waals surface area contributed by atoms with Crippen LogP contribution in [0.4, 0.5) is 18.9 Å². The van der Waals surface area contributed by atoms with E-state index >= 15 is 0 Å². The van der Waals surface area contributed by atoms with Crippen molar-refractivity contribution < 1.29 is 27.5 Å². The lowest BCUT2D eigenvalue weighted by Crippen LogP contribution is -2.15. The molecule has 32 heavy (non-hydrogen) atoms. The van der Waals surface area contributed by atoms with Crippen LogP contribution in [0.15, 0.2) is 24.3 Å². The van der Waals surface area contributed by atoms with Crippen LogP contribution in [0, 0.1) is 13.8 Å². The fourth-order valence-corrected chi connectivity index (χ4v) is 3.06. The summed E-state index contributed by atoms with van der Waals surface area (Å²) in [5.74, 6) is -1.61. The summed E-state index contributed by atoms with van der Waals surface area (Å²) < 4.78 is 45.1. The number of benzene rings is 1. The Hall–Kier alpha value is -3.70. The zero-order valence-corrected chi connectivity index (χ0v) is 17.4. The summed E-state index contributed by atoms with van der Waals surface area (Å²) in [6.07, 6.45) is -4.21. The molecule has 2 amide bonds. The van der Waals surface area contributed by atoms with Crippen LogP contribution in [0.2, 0.25) is 0 Å². The quantitative estimate of drug-likeness (QED) is 0.544. The first-order chi connectivity index (χ1) is 15.0. The van der Waals surface area contributed by atoms with E-state index in [1.54, 1.807) is 38.1 Å². The number of aromatic nitrogens is 4. The summed E-state index contributed by atoms with van der Waals surface area (Å²) in [4.78, 5) is 30.6. The molecular weight excluding hydrogens is 429 g/mol. The van der Waals surface area contributed by atoms with Gasteiger partial charge in [-0.05, 0) is 50.1 Å². The van der Waals surface area contributed by atoms with Gasteiger partial charge in [0.1, 0.15) is 5.75 Å². The van der Waals surface area contributed by atoms with Gasteiger partial charge in [-0.15, -0.1) is 5.10 Å². The zero-order chi connectivity index (χ0) is 23.5. The lowest BCUT2D eigenvalue weighted by atomic mass is 10.1. The SMILES string of the molecule is Cc1nc2nc(C(F)(F)F)nn2c(C)c1CCC(=O)Nc1ccc(OCCC(N)=O)cc1. The Bertz CT molecular complexity index is 1140. The fourth-order valence-electron chi connectivity index (χ4n) is 3.06. The van der Waals surface area contributed by atoms with Crippen LogP contribution in [0.25, 0.3) is 5.78 Å². The van der Waals surface area contributed by atoms with Crippen molar-refractivity contribution in [3.63, 3.8) is 0 Å². The molecule has 3 aromatic rings. The third-order valence-corrected chi connectivity index (χ3v) is 4.66. The number of rotatable bonds is 8. The number of primary amides is 1. The number of hydrogen-bond donors (Lipinski definition) is 2. The van der Waals surface area contributed by atoms with Crippen LogP contribution >= 0.6 is 0 Å². The van der Waals surface area contributed by atoms with Gasteiger partial charge in [0.15, 0.2) is 0 Å². The standard InChI is InChI=1S/C20H21F3N6O3/c1-11-15(12(2)29-19(25-11)27-18(28-29)20(21,22)23)7-8-17(31)26-13-3-5-14(6-4-13)32-10-9-16(24)30/h3-6H,7-10H2,1-2H3,(H2,24,30)(H,26,31). The molecule has 0 aliphatic heterocycles. The Morgan fingerprint density at radius 2 is 1.81 bits per heavy atom. The number of alkyl halides is 3. The summed E-state index contributed by atoms with van der Waals surface area (Å²) >= 11 is 0. The molecule has 3 rings (SSSR count). The third kappa shape index (κ3) is 5.50. The molecule has 0 atom stereocenters. The number of hydrogen-bond acceptors (Lipinski definition) is 6. The highest BCUT2D eigenvalue weighted by Crippen LogP contribution is 2.27. The number of nitrogens with zero attached hydrogens (tertiary/aromatic N) is 4. The second-order valence-electron chi connectivity index (χ2n) is 7.04. The van der Waals surface area contributed by atoms with E-state index in [2.05, 4.69) is 20.4 Å². The summed E-state index contributed by atoms with van der Waals surface area (Å²) in [5, 5.41) is 6.24. The Morgan fingerprint density at radius 1 is 1.12 bits per heavy atom. The van der Waals surface area contributed by atoms with Crippen LogP contribution in [-0.2, 0) is 22.2 Å². The van der Waals surface area contributed by atoms with Crippen molar-refractivity contribution in [2.45, 2.75) is 39.3 Å². The van der Waals surface area contributed by atoms with E-state index in [-0.39, 0.29) is 37.6 Å². The zero-order valence-electron chi connectivity index (χ0n) is 17.4. The highest BCUT2D eigenvalue weighted by atomic mass is 19.4. The van der Waals surface area contributed by atoms with Gasteiger partial charge in [0.2, 0.25) is 11.8 Å². The number of nitrogens with two attached hydrogens (primary N) is 1. The first-order valence-corrected chi connectivity index (χ1v) is 9.65. The lowest BCUT2D eigenvalue weighted by molar-refractivity contribution is -0.144. The third-order valence-electron chi connectivity index (χ3n) is 4.66. The molecule has 0 spiro atoms. The molecule has 0 saturated heterocycles. The van der Waals surface area contributed by atoms with Gasteiger partial charge in [0.25, 0.3) is 11.6 Å². The predicted octanol–water partition coefficient (Wildman–Crippen LogP) is 2.59. The van der Waals surface area contributed by atoms with Gasteiger partial charge >= 0.3 is 6.18 Å². The number of anilines is 1. The molecule has 0 radical (unpaired) electrons. The minimum atomic E-state index is -4.67. The molecule has 0 aliphatic carbocycles. The largest absolute Gasteiger partial charge is 0.493 e. The summed E-state index contributed by atoms with van der Waals surface area (Å²) in [5.41, 5.74) is 7.16. The van der Waals surface area contributed by atoms with E-state index in [4.69, 9.17) is 10.5 Å². The molecule has 1 aromatic carbocycles. The molecule has 170 valence electrons. The van der Waals surface area contributed by atoms with Crippen molar-refractivity contribution in [2.75, 3.05) is 11.9 Å². The molecule has 0 saturated carbocycles. The van der Waals surface area contributed by atoms with E-state index in [1.165, 1.54) is 0 Å². The van der Waals surface area contributed by atoms with E-state index in [0.29, 0.717) is 28.4 Å². The van der Waals surface area contributed by atoms with Gasteiger partial charge in [0, 0.05) is 23.5 Å². The fraction of sp³-hybridized carbons (Fsp3) is 0.350. The minimum Gasteiger partial charge on any atom is -0.493 e. The Balaban J connectivity index is 1.62. The van der Waals surface area contributed by atoms with Gasteiger partial charge in [-0.3, -0.25) is 9.59 Å². The normalized spacial score (nSPS) is 11.5. The number of nitrogens with one attached hydrogen (secondary N) is 1. The topological polar surface area (TPSA) is 124 Å². The Labute approximate surface area is 180 Å². The van der Waals surface area contributed by atoms with E-state index in [9.17, 15) is 22.8 Å². The van der Waals surface area contributed by atoms with Crippen molar-refractivity contribution in [1.29, 1.82) is 0 Å². The number of carbonyl (C=O) groups excluding carboxylic acids is 2. The number of ether oxygens (including phenoxy) is 1. The highest BCUT2D eigenvalue weighted by Gasteiger charge is 2.36. The van der Waals surface area contributed by atoms with Crippen LogP contribution in [0.3, 0.4) is 0 Å². The van der Waals surface area contributed by atoms with E-state index in [1.807, 2.05) is 0 Å². The van der Waals surface area contributed by atoms with Crippen molar-refractivity contribution in [3.8, 4) is 5.75 Å². The summed E-state index contributed by atoms with van der Waals surface area (Å²) in [6, 6.07) is 6.59. The molecular formula is C20H21F3N6O3. The number of amides is 2. The van der Waals surface area contributed by atoms with Crippen LogP contribution in [-0.4, -0.2) is 38.0 Å². The maximum Gasteiger partial charge on any atom is 0.453 e. The van der Waals surface area contributed by atoms with E-state index < -0.39 is 17.9 Å². The van der Waals surface area contributed by atoms with E-state index in [0.717, 1.165) is 4.52 Å². The van der Waals surface area contributed by atoms with Crippen LogP contribution < -0.4 is 15.8 Å². The smallest absolute Gasteiger partial charge is 0.453 e. The highest BCUT2D eigenvalue weighted by molar-refractivity contribution is 5.90. The minimum absolute atomic E-state index is 0.0898. The second kappa shape index (κ2) is 9.20. The molecule has 12 heteroatoms. The second-order valence-corrected chi connectivity index (χ2v) is 7.04. The average molecular weight is 450 g/mol. The lowest BCUT2D eigenvalue weighted by Gasteiger charge is -2.11. The number of aryl methyl sites for hydroxylation is 2. The summed E-state index contributed by atoms with van der Waals surface area (Å²) in [7, 11) is 0. The summed E-state index contributed by atoms with van der Waals surface area (Å²) in [6.45, 7) is 3.42. The van der Waals surface area contributed by atoms with Crippen molar-refractivity contribution in [1.82, 2.24) is 19.6 Å². The van der Waals surface area contributed by atoms with Gasteiger partial charge < -0.3 is 15.8 Å². The molecule has 2 aromatic heterocycles.